The molecule has 0 saturated carbocycles. The third-order valence-electron chi connectivity index (χ3n) is 2.25. The van der Waals surface area contributed by atoms with Crippen molar-refractivity contribution in [3.8, 4) is 0 Å². The number of hydrogen-bond acceptors (Lipinski definition) is 4. The Hall–Kier alpha value is -1.39. The molecule has 1 saturated heterocycles. The molecular formula is C13H18O4. The first-order chi connectivity index (χ1) is 8.17. The van der Waals surface area contributed by atoms with Crippen molar-refractivity contribution < 1.29 is 19.0 Å². The van der Waals surface area contributed by atoms with Crippen LogP contribution in [-0.4, -0.2) is 31.1 Å². The molecule has 0 aromatic carbocycles. The van der Waals surface area contributed by atoms with Crippen LogP contribution >= 0.6 is 0 Å². The van der Waals surface area contributed by atoms with Gasteiger partial charge in [-0.3, -0.25) is 0 Å². The summed E-state index contributed by atoms with van der Waals surface area (Å²) in [6, 6.07) is 0. The Kier molecular flexibility index (Phi) is 5.66. The monoisotopic (exact) mass is 238 g/mol. The molecule has 4 nitrogen and oxygen atoms in total. The second kappa shape index (κ2) is 7.04. The van der Waals surface area contributed by atoms with E-state index in [0.717, 1.165) is 6.08 Å². The van der Waals surface area contributed by atoms with Crippen molar-refractivity contribution in [1.29, 1.82) is 0 Å². The maximum Gasteiger partial charge on any atom is 0.330 e. The molecule has 0 radical (unpaired) electrons. The molecule has 0 N–H and O–H groups in total. The zero-order valence-corrected chi connectivity index (χ0v) is 10.2. The second-order valence-corrected chi connectivity index (χ2v) is 3.59. The molecule has 0 amide bonds. The van der Waals surface area contributed by atoms with Gasteiger partial charge in [-0.2, -0.15) is 0 Å². The number of rotatable bonds is 4. The molecule has 0 bridgehead atoms. The molecular weight excluding hydrogens is 220 g/mol. The van der Waals surface area contributed by atoms with Crippen molar-refractivity contribution in [1.82, 2.24) is 0 Å². The first-order valence-corrected chi connectivity index (χ1v) is 5.57. The minimum atomic E-state index is -0.471. The Balaban J connectivity index is 2.63. The van der Waals surface area contributed by atoms with Gasteiger partial charge in [0.05, 0.1) is 6.61 Å². The molecule has 0 aromatic heterocycles. The lowest BCUT2D eigenvalue weighted by atomic mass is 10.1. The molecule has 17 heavy (non-hydrogen) atoms. The minimum absolute atomic E-state index is 0.293. The summed E-state index contributed by atoms with van der Waals surface area (Å²) in [5.41, 5.74) is 0. The van der Waals surface area contributed by atoms with E-state index in [1.165, 1.54) is 0 Å². The molecule has 0 aromatic rings. The molecule has 1 aliphatic heterocycles. The van der Waals surface area contributed by atoms with Gasteiger partial charge in [-0.25, -0.2) is 4.79 Å². The second-order valence-electron chi connectivity index (χ2n) is 3.59. The van der Waals surface area contributed by atoms with E-state index in [1.54, 1.807) is 0 Å². The zero-order chi connectivity index (χ0) is 12.7. The molecule has 4 heteroatoms. The summed E-state index contributed by atoms with van der Waals surface area (Å²) >= 11 is 0. The van der Waals surface area contributed by atoms with Crippen LogP contribution in [0.15, 0.2) is 37.0 Å². The van der Waals surface area contributed by atoms with E-state index in [2.05, 4.69) is 6.58 Å². The van der Waals surface area contributed by atoms with Gasteiger partial charge in [0.2, 0.25) is 0 Å². The van der Waals surface area contributed by atoms with Crippen LogP contribution in [-0.2, 0) is 19.0 Å². The Morgan fingerprint density at radius 3 is 2.88 bits per heavy atom. The smallest absolute Gasteiger partial charge is 0.330 e. The molecule has 0 spiro atoms. The predicted molar refractivity (Wildman–Crippen MR) is 64.3 cm³/mol. The molecule has 1 aliphatic rings. The van der Waals surface area contributed by atoms with E-state index in [-0.39, 0.29) is 12.4 Å². The molecule has 1 heterocycles. The fraction of sp³-hybridized carbons (Fsp3) is 0.462. The normalized spacial score (nSPS) is 29.6. The van der Waals surface area contributed by atoms with Crippen LogP contribution in [0.4, 0.5) is 0 Å². The molecule has 3 atom stereocenters. The van der Waals surface area contributed by atoms with Crippen molar-refractivity contribution in [2.45, 2.75) is 32.3 Å². The molecule has 0 aliphatic carbocycles. The minimum Gasteiger partial charge on any atom is -0.454 e. The van der Waals surface area contributed by atoms with Gasteiger partial charge in [0.15, 0.2) is 12.4 Å². The first-order valence-electron chi connectivity index (χ1n) is 5.57. The SMILES string of the molecule is C=CC(=O)O[C@@H]1CO[C@@H](C)O[C@H]1/C=C/C=C\C. The van der Waals surface area contributed by atoms with E-state index in [0.29, 0.717) is 6.61 Å². The third-order valence-corrected chi connectivity index (χ3v) is 2.25. The van der Waals surface area contributed by atoms with Crippen LogP contribution in [0.2, 0.25) is 0 Å². The maximum atomic E-state index is 11.1. The lowest BCUT2D eigenvalue weighted by molar-refractivity contribution is -0.237. The van der Waals surface area contributed by atoms with Crippen LogP contribution in [0.3, 0.4) is 0 Å². The van der Waals surface area contributed by atoms with Gasteiger partial charge in [0.1, 0.15) is 6.10 Å². The lowest BCUT2D eigenvalue weighted by Gasteiger charge is -2.32. The Morgan fingerprint density at radius 2 is 2.24 bits per heavy atom. The van der Waals surface area contributed by atoms with E-state index >= 15 is 0 Å². The maximum absolute atomic E-state index is 11.1. The van der Waals surface area contributed by atoms with Gasteiger partial charge in [0, 0.05) is 6.08 Å². The largest absolute Gasteiger partial charge is 0.454 e. The van der Waals surface area contributed by atoms with Gasteiger partial charge in [0.25, 0.3) is 0 Å². The number of carbonyl (C=O) groups excluding carboxylic acids is 1. The fourth-order valence-electron chi connectivity index (χ4n) is 1.43. The highest BCUT2D eigenvalue weighted by Gasteiger charge is 2.30. The van der Waals surface area contributed by atoms with Crippen LogP contribution in [0, 0.1) is 0 Å². The van der Waals surface area contributed by atoms with Gasteiger partial charge in [-0.1, -0.05) is 30.9 Å². The van der Waals surface area contributed by atoms with Gasteiger partial charge < -0.3 is 14.2 Å². The predicted octanol–water partition coefficient (Wildman–Crippen LogP) is 1.98. The summed E-state index contributed by atoms with van der Waals surface area (Å²) in [6.45, 7) is 7.41. The van der Waals surface area contributed by atoms with Crippen molar-refractivity contribution in [2.75, 3.05) is 6.61 Å². The lowest BCUT2D eigenvalue weighted by Crippen LogP contribution is -2.44. The number of esters is 1. The molecule has 1 fully saturated rings. The molecule has 94 valence electrons. The standard InChI is InChI=1S/C13H18O4/c1-4-6-7-8-11-12(17-13(14)5-2)9-15-10(3)16-11/h4-8,10-12H,2,9H2,1,3H3/b6-4-,8-7+/t10-,11+,12-/m1/s1. The number of carbonyl (C=O) groups is 1. The van der Waals surface area contributed by atoms with Crippen LogP contribution in [0.1, 0.15) is 13.8 Å². The Morgan fingerprint density at radius 1 is 1.47 bits per heavy atom. The van der Waals surface area contributed by atoms with Crippen molar-refractivity contribution in [2.24, 2.45) is 0 Å². The number of hydrogen-bond donors (Lipinski definition) is 0. The van der Waals surface area contributed by atoms with E-state index in [1.807, 2.05) is 38.2 Å². The zero-order valence-electron chi connectivity index (χ0n) is 10.2. The average Bonchev–Trinajstić information content (AvgIpc) is 2.32. The summed E-state index contributed by atoms with van der Waals surface area (Å²) in [5.74, 6) is -0.471. The Bertz CT molecular complexity index is 319. The van der Waals surface area contributed by atoms with Crippen LogP contribution in [0.5, 0.6) is 0 Å². The highest BCUT2D eigenvalue weighted by Crippen LogP contribution is 2.17. The molecule has 0 unspecified atom stereocenters. The van der Waals surface area contributed by atoms with Crippen LogP contribution in [0.25, 0.3) is 0 Å². The van der Waals surface area contributed by atoms with Crippen molar-refractivity contribution >= 4 is 5.97 Å². The van der Waals surface area contributed by atoms with Crippen LogP contribution < -0.4 is 0 Å². The summed E-state index contributed by atoms with van der Waals surface area (Å²) in [4.78, 5) is 11.1. The van der Waals surface area contributed by atoms with Crippen molar-refractivity contribution in [3.05, 3.63) is 37.0 Å². The van der Waals surface area contributed by atoms with E-state index < -0.39 is 12.1 Å². The summed E-state index contributed by atoms with van der Waals surface area (Å²) < 4.78 is 16.0. The van der Waals surface area contributed by atoms with Gasteiger partial charge >= 0.3 is 5.97 Å². The summed E-state index contributed by atoms with van der Waals surface area (Å²) in [6.07, 6.45) is 7.60. The van der Waals surface area contributed by atoms with E-state index in [4.69, 9.17) is 14.2 Å². The third kappa shape index (κ3) is 4.54. The quantitative estimate of drug-likeness (QED) is 0.427. The van der Waals surface area contributed by atoms with E-state index in [9.17, 15) is 4.79 Å². The summed E-state index contributed by atoms with van der Waals surface area (Å²) in [5, 5.41) is 0. The van der Waals surface area contributed by atoms with Gasteiger partial charge in [-0.05, 0) is 13.8 Å². The number of ether oxygens (including phenoxy) is 3. The summed E-state index contributed by atoms with van der Waals surface area (Å²) in [7, 11) is 0. The highest BCUT2D eigenvalue weighted by atomic mass is 16.7. The Labute approximate surface area is 102 Å². The highest BCUT2D eigenvalue weighted by molar-refractivity contribution is 5.81. The topological polar surface area (TPSA) is 44.8 Å². The van der Waals surface area contributed by atoms with Gasteiger partial charge in [-0.15, -0.1) is 0 Å². The number of allylic oxidation sites excluding steroid dienone is 3. The first kappa shape index (κ1) is 13.7. The molecule has 1 rings (SSSR count). The fourth-order valence-corrected chi connectivity index (χ4v) is 1.43. The van der Waals surface area contributed by atoms with Crippen molar-refractivity contribution in [3.63, 3.8) is 0 Å². The average molecular weight is 238 g/mol.